The summed E-state index contributed by atoms with van der Waals surface area (Å²) in [5.41, 5.74) is -1.72. The average molecular weight is 430 g/mol. The number of carbonyl (C=O) groups is 2. The molecular formula is C14H26Na2O8P2. The van der Waals surface area contributed by atoms with E-state index in [0.29, 0.717) is 19.3 Å². The van der Waals surface area contributed by atoms with E-state index in [1.807, 2.05) is 0 Å². The molecule has 0 aromatic heterocycles. The van der Waals surface area contributed by atoms with Gasteiger partial charge in [0.1, 0.15) is 0 Å². The summed E-state index contributed by atoms with van der Waals surface area (Å²) in [4.78, 5) is 43.4. The van der Waals surface area contributed by atoms with E-state index in [0.717, 1.165) is 32.1 Å². The number of carbonyl (C=O) groups excluding carboxylic acids is 2. The van der Waals surface area contributed by atoms with Gasteiger partial charge < -0.3 is 23.4 Å². The van der Waals surface area contributed by atoms with Gasteiger partial charge in [-0.1, -0.05) is 38.5 Å². The Morgan fingerprint density at radius 1 is 0.692 bits per heavy atom. The molecule has 0 atom stereocenters. The molecule has 0 radical (unpaired) electrons. The van der Waals surface area contributed by atoms with Crippen LogP contribution in [0.2, 0.25) is 0 Å². The van der Waals surface area contributed by atoms with Crippen molar-refractivity contribution in [3.05, 3.63) is 0 Å². The van der Waals surface area contributed by atoms with E-state index in [1.165, 1.54) is 14.2 Å². The number of unbranched alkanes of at least 4 members (excludes halogenated alkanes) is 7. The van der Waals surface area contributed by atoms with Crippen LogP contribution >= 0.6 is 15.2 Å². The molecule has 0 saturated heterocycles. The zero-order chi connectivity index (χ0) is 18.6. The number of hydrogen-bond donors (Lipinski definition) is 0. The summed E-state index contributed by atoms with van der Waals surface area (Å²) in [6, 6.07) is 0. The average Bonchev–Trinajstić information content (AvgIpc) is 2.54. The fourth-order valence-electron chi connectivity index (χ4n) is 2.17. The predicted octanol–water partition coefficient (Wildman–Crippen LogP) is -3.65. The molecule has 8 nitrogen and oxygen atoms in total. The van der Waals surface area contributed by atoms with Crippen molar-refractivity contribution in [1.29, 1.82) is 0 Å². The normalized spacial score (nSPS) is 11.4. The summed E-state index contributed by atoms with van der Waals surface area (Å²) in [6.07, 6.45) is 6.18. The second kappa shape index (κ2) is 17.5. The molecule has 12 heteroatoms. The molecule has 0 fully saturated rings. The van der Waals surface area contributed by atoms with Crippen molar-refractivity contribution in [3.8, 4) is 0 Å². The van der Waals surface area contributed by atoms with Gasteiger partial charge >= 0.3 is 66.7 Å². The van der Waals surface area contributed by atoms with Gasteiger partial charge in [-0.3, -0.25) is 14.2 Å². The third kappa shape index (κ3) is 14.6. The van der Waals surface area contributed by atoms with Crippen molar-refractivity contribution >= 4 is 26.2 Å². The van der Waals surface area contributed by atoms with Crippen LogP contribution < -0.4 is 68.9 Å². The van der Waals surface area contributed by atoms with E-state index in [2.05, 4.69) is 9.05 Å². The van der Waals surface area contributed by atoms with Crippen LogP contribution in [0.15, 0.2) is 0 Å². The molecule has 0 aliphatic rings. The van der Waals surface area contributed by atoms with Crippen molar-refractivity contribution in [2.24, 2.45) is 0 Å². The van der Waals surface area contributed by atoms with Crippen molar-refractivity contribution < 1.29 is 96.7 Å². The third-order valence-corrected chi connectivity index (χ3v) is 6.25. The Bertz CT molecular complexity index is 487. The summed E-state index contributed by atoms with van der Waals surface area (Å²) in [5, 5.41) is 0. The topological polar surface area (TPSA) is 133 Å². The quantitative estimate of drug-likeness (QED) is 0.148. The summed E-state index contributed by atoms with van der Waals surface area (Å²) < 4.78 is 31.4. The maximum atomic E-state index is 11.8. The van der Waals surface area contributed by atoms with Crippen molar-refractivity contribution in [3.63, 3.8) is 0 Å². The first-order valence-corrected chi connectivity index (χ1v) is 11.1. The molecule has 0 rings (SSSR count). The van der Waals surface area contributed by atoms with Crippen LogP contribution in [0.4, 0.5) is 0 Å². The molecule has 0 aliphatic heterocycles. The SMILES string of the molecule is COP(=O)(OC)C(=O)CCCCCCCCCCC(=O)P(=O)([O-])[O-].[Na+].[Na+]. The van der Waals surface area contributed by atoms with Gasteiger partial charge in [0.2, 0.25) is 5.52 Å². The van der Waals surface area contributed by atoms with Crippen molar-refractivity contribution in [2.75, 3.05) is 14.2 Å². The molecular weight excluding hydrogens is 404 g/mol. The van der Waals surface area contributed by atoms with Gasteiger partial charge in [-0.2, -0.15) is 0 Å². The van der Waals surface area contributed by atoms with Crippen LogP contribution in [0.1, 0.15) is 64.2 Å². The van der Waals surface area contributed by atoms with Crippen LogP contribution in [0, 0.1) is 0 Å². The Morgan fingerprint density at radius 3 is 1.31 bits per heavy atom. The summed E-state index contributed by atoms with van der Waals surface area (Å²) in [7, 11) is -6.29. The molecule has 0 aromatic carbocycles. The van der Waals surface area contributed by atoms with E-state index in [-0.39, 0.29) is 72.0 Å². The predicted molar refractivity (Wildman–Crippen MR) is 85.4 cm³/mol. The first kappa shape index (κ1) is 32.3. The first-order valence-electron chi connectivity index (χ1n) is 7.97. The molecule has 0 aliphatic carbocycles. The fraction of sp³-hybridized carbons (Fsp3) is 0.857. The Morgan fingerprint density at radius 2 is 1.00 bits per heavy atom. The fourth-order valence-corrected chi connectivity index (χ4v) is 3.59. The minimum Gasteiger partial charge on any atom is -0.805 e. The molecule has 0 unspecified atom stereocenters. The molecule has 0 N–H and O–H groups in total. The third-order valence-electron chi connectivity index (χ3n) is 3.62. The van der Waals surface area contributed by atoms with Crippen LogP contribution in [0.3, 0.4) is 0 Å². The standard InChI is InChI=1S/C14H28O8P2.2Na/c1-21-24(20,22-2)14(16)12-10-8-6-4-3-5-7-9-11-13(15)23(17,18)19;;/h3-12H2,1-2H3,(H2,17,18,19);;/q;2*+1/p-2. The molecule has 0 aromatic rings. The van der Waals surface area contributed by atoms with Gasteiger partial charge in [-0.05, 0) is 12.8 Å². The second-order valence-electron chi connectivity index (χ2n) is 5.48. The smallest absolute Gasteiger partial charge is 0.805 e. The van der Waals surface area contributed by atoms with Gasteiger partial charge in [0.15, 0.2) is 5.52 Å². The monoisotopic (exact) mass is 430 g/mol. The Labute approximate surface area is 199 Å². The van der Waals surface area contributed by atoms with E-state index in [1.54, 1.807) is 0 Å². The van der Waals surface area contributed by atoms with Crippen LogP contribution in [0.5, 0.6) is 0 Å². The van der Waals surface area contributed by atoms with Gasteiger partial charge in [0.05, 0.1) is 0 Å². The van der Waals surface area contributed by atoms with Gasteiger partial charge in [0.25, 0.3) is 0 Å². The van der Waals surface area contributed by atoms with Gasteiger partial charge in [-0.25, -0.2) is 0 Å². The zero-order valence-corrected chi connectivity index (χ0v) is 22.0. The van der Waals surface area contributed by atoms with E-state index in [9.17, 15) is 28.5 Å². The molecule has 0 amide bonds. The van der Waals surface area contributed by atoms with E-state index >= 15 is 0 Å². The number of hydrogen-bond acceptors (Lipinski definition) is 8. The Hall–Kier alpha value is 1.64. The minimum absolute atomic E-state index is 0. The summed E-state index contributed by atoms with van der Waals surface area (Å²) in [5.74, 6) is 0. The van der Waals surface area contributed by atoms with Crippen LogP contribution in [-0.4, -0.2) is 25.3 Å². The molecule has 142 valence electrons. The van der Waals surface area contributed by atoms with E-state index < -0.39 is 26.2 Å². The molecule has 26 heavy (non-hydrogen) atoms. The van der Waals surface area contributed by atoms with E-state index in [4.69, 9.17) is 0 Å². The largest absolute Gasteiger partial charge is 1.00 e. The van der Waals surface area contributed by atoms with Crippen molar-refractivity contribution in [1.82, 2.24) is 0 Å². The first-order chi connectivity index (χ1) is 11.2. The van der Waals surface area contributed by atoms with Crippen molar-refractivity contribution in [2.45, 2.75) is 64.2 Å². The Balaban J connectivity index is -0.00000264. The number of rotatable bonds is 15. The molecule has 0 saturated carbocycles. The maximum absolute atomic E-state index is 11.8. The second-order valence-corrected chi connectivity index (χ2v) is 9.19. The summed E-state index contributed by atoms with van der Waals surface area (Å²) in [6.45, 7) is 0. The summed E-state index contributed by atoms with van der Waals surface area (Å²) >= 11 is 0. The molecule has 0 heterocycles. The Kier molecular flexibility index (Phi) is 21.7. The minimum atomic E-state index is -5.06. The maximum Gasteiger partial charge on any atom is 1.00 e. The zero-order valence-electron chi connectivity index (χ0n) is 16.2. The van der Waals surface area contributed by atoms with Crippen LogP contribution in [-0.2, 0) is 27.8 Å². The van der Waals surface area contributed by atoms with Crippen LogP contribution in [0.25, 0.3) is 0 Å². The van der Waals surface area contributed by atoms with Gasteiger partial charge in [-0.15, -0.1) is 0 Å². The van der Waals surface area contributed by atoms with Gasteiger partial charge in [0, 0.05) is 34.7 Å². The molecule has 0 spiro atoms. The molecule has 0 bridgehead atoms.